The maximum absolute atomic E-state index is 11.5. The molecule has 0 spiro atoms. The van der Waals surface area contributed by atoms with Crippen molar-refractivity contribution in [2.75, 3.05) is 0 Å². The first-order chi connectivity index (χ1) is 9.78. The molecule has 0 aromatic heterocycles. The highest BCUT2D eigenvalue weighted by Crippen LogP contribution is 2.16. The quantitative estimate of drug-likeness (QED) is 0.388. The minimum Gasteiger partial charge on any atom is -0.462 e. The fourth-order valence-electron chi connectivity index (χ4n) is 1.97. The first-order valence-electron chi connectivity index (χ1n) is 7.51. The van der Waals surface area contributed by atoms with Gasteiger partial charge in [0.1, 0.15) is 18.3 Å². The molecule has 0 aliphatic carbocycles. The van der Waals surface area contributed by atoms with Gasteiger partial charge in [-0.15, -0.1) is 0 Å². The SMILES string of the molecule is CCC(O)CC(O)CC(CC(O)CC)OC(=O)CC(C)=O. The van der Waals surface area contributed by atoms with E-state index in [1.165, 1.54) is 6.92 Å². The molecule has 0 aromatic carbocycles. The van der Waals surface area contributed by atoms with Crippen molar-refractivity contribution in [1.82, 2.24) is 0 Å². The lowest BCUT2D eigenvalue weighted by Gasteiger charge is -2.23. The molecule has 21 heavy (non-hydrogen) atoms. The van der Waals surface area contributed by atoms with Crippen LogP contribution in [0.1, 0.15) is 59.3 Å². The number of carbonyl (C=O) groups is 2. The largest absolute Gasteiger partial charge is 0.462 e. The Hall–Kier alpha value is -0.980. The molecule has 3 N–H and O–H groups in total. The van der Waals surface area contributed by atoms with Gasteiger partial charge in [-0.2, -0.15) is 0 Å². The van der Waals surface area contributed by atoms with Crippen molar-refractivity contribution in [3.05, 3.63) is 0 Å². The van der Waals surface area contributed by atoms with Crippen molar-refractivity contribution in [3.8, 4) is 0 Å². The molecule has 0 aliphatic heterocycles. The molecule has 0 saturated carbocycles. The monoisotopic (exact) mass is 304 g/mol. The van der Waals surface area contributed by atoms with Crippen LogP contribution in [0.15, 0.2) is 0 Å². The maximum Gasteiger partial charge on any atom is 0.313 e. The van der Waals surface area contributed by atoms with E-state index >= 15 is 0 Å². The van der Waals surface area contributed by atoms with Gasteiger partial charge < -0.3 is 20.1 Å². The van der Waals surface area contributed by atoms with Crippen LogP contribution in [0.4, 0.5) is 0 Å². The average molecular weight is 304 g/mol. The Kier molecular flexibility index (Phi) is 10.2. The van der Waals surface area contributed by atoms with Crippen molar-refractivity contribution < 1.29 is 29.6 Å². The van der Waals surface area contributed by atoms with E-state index in [0.717, 1.165) is 0 Å². The van der Waals surface area contributed by atoms with Crippen LogP contribution >= 0.6 is 0 Å². The van der Waals surface area contributed by atoms with Crippen LogP contribution in [0.3, 0.4) is 0 Å². The van der Waals surface area contributed by atoms with Crippen LogP contribution in [0.5, 0.6) is 0 Å². The van der Waals surface area contributed by atoms with E-state index in [1.54, 1.807) is 6.92 Å². The number of esters is 1. The highest BCUT2D eigenvalue weighted by Gasteiger charge is 2.23. The molecule has 0 saturated heterocycles. The van der Waals surface area contributed by atoms with Crippen LogP contribution in [-0.4, -0.2) is 51.5 Å². The number of hydrogen-bond acceptors (Lipinski definition) is 6. The molecule has 124 valence electrons. The van der Waals surface area contributed by atoms with Gasteiger partial charge in [-0.3, -0.25) is 9.59 Å². The molecule has 6 heteroatoms. The van der Waals surface area contributed by atoms with E-state index in [9.17, 15) is 24.9 Å². The van der Waals surface area contributed by atoms with Gasteiger partial charge in [-0.25, -0.2) is 0 Å². The molecule has 0 rings (SSSR count). The zero-order valence-corrected chi connectivity index (χ0v) is 13.1. The minimum atomic E-state index is -0.820. The molecule has 6 nitrogen and oxygen atoms in total. The number of Topliss-reactive ketones (excluding diaryl/α,β-unsaturated/α-hetero) is 1. The standard InChI is InChI=1S/C15H28O6/c1-4-11(17)7-13(19)9-14(8-12(18)5-2)21-15(20)6-10(3)16/h11-14,17-19H,4-9H2,1-3H3. The lowest BCUT2D eigenvalue weighted by molar-refractivity contribution is -0.153. The Labute approximate surface area is 126 Å². The lowest BCUT2D eigenvalue weighted by atomic mass is 9.99. The smallest absolute Gasteiger partial charge is 0.313 e. The third kappa shape index (κ3) is 10.4. The second-order valence-corrected chi connectivity index (χ2v) is 5.48. The number of aliphatic hydroxyl groups excluding tert-OH is 3. The molecule has 0 fully saturated rings. The van der Waals surface area contributed by atoms with Crippen LogP contribution < -0.4 is 0 Å². The predicted molar refractivity (Wildman–Crippen MR) is 77.6 cm³/mol. The summed E-state index contributed by atoms with van der Waals surface area (Å²) in [6.45, 7) is 4.91. The summed E-state index contributed by atoms with van der Waals surface area (Å²) in [5, 5.41) is 29.1. The average Bonchev–Trinajstić information content (AvgIpc) is 2.36. The van der Waals surface area contributed by atoms with Crippen molar-refractivity contribution >= 4 is 11.8 Å². The van der Waals surface area contributed by atoms with Gasteiger partial charge >= 0.3 is 5.97 Å². The van der Waals surface area contributed by atoms with Gasteiger partial charge in [-0.1, -0.05) is 13.8 Å². The summed E-state index contributed by atoms with van der Waals surface area (Å²) >= 11 is 0. The molecule has 4 unspecified atom stereocenters. The molecular weight excluding hydrogens is 276 g/mol. The molecule has 0 aliphatic rings. The third-order valence-corrected chi connectivity index (χ3v) is 3.25. The molecule has 4 atom stereocenters. The minimum absolute atomic E-state index is 0.137. The molecule has 0 bridgehead atoms. The molecule has 0 radical (unpaired) electrons. The summed E-state index contributed by atoms with van der Waals surface area (Å²) in [5.74, 6) is -0.948. The first kappa shape index (κ1) is 20.0. The summed E-state index contributed by atoms with van der Waals surface area (Å²) in [6.07, 6.45) is -1.46. The summed E-state index contributed by atoms with van der Waals surface area (Å²) in [7, 11) is 0. The Bertz CT molecular complexity index is 317. The Morgan fingerprint density at radius 3 is 1.86 bits per heavy atom. The van der Waals surface area contributed by atoms with Gasteiger partial charge in [0.15, 0.2) is 0 Å². The Balaban J connectivity index is 4.50. The van der Waals surface area contributed by atoms with Gasteiger partial charge in [0.05, 0.1) is 18.3 Å². The van der Waals surface area contributed by atoms with Gasteiger partial charge in [0, 0.05) is 12.8 Å². The lowest BCUT2D eigenvalue weighted by Crippen LogP contribution is -2.30. The molecule has 0 heterocycles. The topological polar surface area (TPSA) is 104 Å². The van der Waals surface area contributed by atoms with Crippen LogP contribution in [-0.2, 0) is 14.3 Å². The Morgan fingerprint density at radius 2 is 1.38 bits per heavy atom. The fraction of sp³-hybridized carbons (Fsp3) is 0.867. The summed E-state index contributed by atoms with van der Waals surface area (Å²) in [4.78, 5) is 22.4. The van der Waals surface area contributed by atoms with E-state index in [4.69, 9.17) is 4.74 Å². The number of aliphatic hydroxyl groups is 3. The van der Waals surface area contributed by atoms with Crippen LogP contribution in [0, 0.1) is 0 Å². The van der Waals surface area contributed by atoms with E-state index in [-0.39, 0.29) is 31.5 Å². The summed E-state index contributed by atoms with van der Waals surface area (Å²) < 4.78 is 5.16. The van der Waals surface area contributed by atoms with E-state index < -0.39 is 30.4 Å². The van der Waals surface area contributed by atoms with E-state index in [1.807, 2.05) is 6.92 Å². The molecule has 0 aromatic rings. The zero-order valence-electron chi connectivity index (χ0n) is 13.1. The Morgan fingerprint density at radius 1 is 0.905 bits per heavy atom. The highest BCUT2D eigenvalue weighted by molar-refractivity contribution is 5.94. The molecule has 0 amide bonds. The number of ether oxygens (including phenoxy) is 1. The fourth-order valence-corrected chi connectivity index (χ4v) is 1.97. The van der Waals surface area contributed by atoms with Crippen molar-refractivity contribution in [2.45, 2.75) is 83.7 Å². The normalized spacial score (nSPS) is 16.9. The number of ketones is 1. The second-order valence-electron chi connectivity index (χ2n) is 5.48. The number of carbonyl (C=O) groups excluding carboxylic acids is 2. The van der Waals surface area contributed by atoms with E-state index in [2.05, 4.69) is 0 Å². The van der Waals surface area contributed by atoms with Crippen molar-refractivity contribution in [1.29, 1.82) is 0 Å². The highest BCUT2D eigenvalue weighted by atomic mass is 16.5. The number of hydrogen-bond donors (Lipinski definition) is 3. The van der Waals surface area contributed by atoms with E-state index in [0.29, 0.717) is 12.8 Å². The van der Waals surface area contributed by atoms with Gasteiger partial charge in [0.25, 0.3) is 0 Å². The van der Waals surface area contributed by atoms with Crippen molar-refractivity contribution in [3.63, 3.8) is 0 Å². The maximum atomic E-state index is 11.5. The third-order valence-electron chi connectivity index (χ3n) is 3.25. The van der Waals surface area contributed by atoms with Gasteiger partial charge in [-0.05, 0) is 26.2 Å². The van der Waals surface area contributed by atoms with Crippen LogP contribution in [0.2, 0.25) is 0 Å². The first-order valence-corrected chi connectivity index (χ1v) is 7.51. The molecular formula is C15H28O6. The van der Waals surface area contributed by atoms with Gasteiger partial charge in [0.2, 0.25) is 0 Å². The summed E-state index contributed by atoms with van der Waals surface area (Å²) in [5.41, 5.74) is 0. The second kappa shape index (κ2) is 10.7. The summed E-state index contributed by atoms with van der Waals surface area (Å²) in [6, 6.07) is 0. The number of rotatable bonds is 11. The zero-order chi connectivity index (χ0) is 16.4. The van der Waals surface area contributed by atoms with Crippen LogP contribution in [0.25, 0.3) is 0 Å². The van der Waals surface area contributed by atoms with Crippen molar-refractivity contribution in [2.24, 2.45) is 0 Å². The predicted octanol–water partition coefficient (Wildman–Crippen LogP) is 0.950.